The molecule has 1 aliphatic heterocycles. The zero-order valence-corrected chi connectivity index (χ0v) is 22.0. The highest BCUT2D eigenvalue weighted by Crippen LogP contribution is 2.38. The van der Waals surface area contributed by atoms with Crippen molar-refractivity contribution >= 4 is 17.2 Å². The van der Waals surface area contributed by atoms with E-state index in [2.05, 4.69) is 9.97 Å². The van der Waals surface area contributed by atoms with Crippen molar-refractivity contribution in [1.82, 2.24) is 24.6 Å². The Labute approximate surface area is 225 Å². The van der Waals surface area contributed by atoms with Crippen LogP contribution in [0.15, 0.2) is 77.6 Å². The largest absolute Gasteiger partial charge is 0.444 e. The van der Waals surface area contributed by atoms with Gasteiger partial charge >= 0.3 is 6.09 Å². The molecule has 39 heavy (non-hydrogen) atoms. The SMILES string of the molecule is CC(C)(C)OC(=O)N1CC[C@@H](n2cc(-c3ncnc4oc(-c5ccccc5)cc34)c(-c3ccc(F)cc3)n2)C1. The van der Waals surface area contributed by atoms with Gasteiger partial charge in [0.05, 0.1) is 17.1 Å². The van der Waals surface area contributed by atoms with Crippen LogP contribution in [0.25, 0.3) is 44.9 Å². The maximum absolute atomic E-state index is 13.8. The van der Waals surface area contributed by atoms with Crippen molar-refractivity contribution < 1.29 is 18.3 Å². The number of nitrogens with zero attached hydrogens (tertiary/aromatic N) is 5. The number of furan rings is 1. The van der Waals surface area contributed by atoms with Crippen molar-refractivity contribution in [1.29, 1.82) is 0 Å². The van der Waals surface area contributed by atoms with E-state index in [0.29, 0.717) is 36.0 Å². The molecule has 0 saturated carbocycles. The molecule has 1 amide bonds. The van der Waals surface area contributed by atoms with Crippen molar-refractivity contribution in [3.8, 4) is 33.8 Å². The maximum atomic E-state index is 13.8. The number of fused-ring (bicyclic) bond motifs is 1. The fourth-order valence-electron chi connectivity index (χ4n) is 4.84. The zero-order valence-electron chi connectivity index (χ0n) is 22.0. The lowest BCUT2D eigenvalue weighted by atomic mass is 10.0. The Morgan fingerprint density at radius 3 is 2.54 bits per heavy atom. The van der Waals surface area contributed by atoms with Gasteiger partial charge in [-0.1, -0.05) is 30.3 Å². The third kappa shape index (κ3) is 4.99. The molecule has 4 heterocycles. The maximum Gasteiger partial charge on any atom is 0.410 e. The van der Waals surface area contributed by atoms with Gasteiger partial charge in [-0.3, -0.25) is 4.68 Å². The van der Waals surface area contributed by atoms with Crippen LogP contribution in [0.1, 0.15) is 33.2 Å². The number of carbonyl (C=O) groups excluding carboxylic acids is 1. The summed E-state index contributed by atoms with van der Waals surface area (Å²) in [5.74, 6) is 0.363. The summed E-state index contributed by atoms with van der Waals surface area (Å²) in [7, 11) is 0. The lowest BCUT2D eigenvalue weighted by Crippen LogP contribution is -2.35. The number of aromatic nitrogens is 4. The molecule has 2 aromatic carbocycles. The highest BCUT2D eigenvalue weighted by Gasteiger charge is 2.32. The summed E-state index contributed by atoms with van der Waals surface area (Å²) in [6.07, 6.45) is 3.81. The van der Waals surface area contributed by atoms with E-state index in [1.165, 1.54) is 18.5 Å². The quantitative estimate of drug-likeness (QED) is 0.258. The van der Waals surface area contributed by atoms with Crippen molar-refractivity contribution in [2.24, 2.45) is 0 Å². The molecule has 0 radical (unpaired) electrons. The summed E-state index contributed by atoms with van der Waals surface area (Å²) in [4.78, 5) is 23.4. The predicted molar refractivity (Wildman–Crippen MR) is 145 cm³/mol. The molecule has 8 nitrogen and oxygen atoms in total. The predicted octanol–water partition coefficient (Wildman–Crippen LogP) is 6.74. The summed E-state index contributed by atoms with van der Waals surface area (Å²) in [5.41, 5.74) is 3.69. The second-order valence-corrected chi connectivity index (χ2v) is 10.7. The topological polar surface area (TPSA) is 86.3 Å². The average Bonchev–Trinajstić information content (AvgIpc) is 3.66. The van der Waals surface area contributed by atoms with Crippen molar-refractivity contribution in [2.75, 3.05) is 13.1 Å². The number of amides is 1. The molecule has 1 atom stereocenters. The van der Waals surface area contributed by atoms with Crippen LogP contribution in [0.4, 0.5) is 9.18 Å². The minimum Gasteiger partial charge on any atom is -0.444 e. The van der Waals surface area contributed by atoms with Gasteiger partial charge in [0.1, 0.15) is 29.2 Å². The van der Waals surface area contributed by atoms with Gasteiger partial charge in [0.25, 0.3) is 0 Å². The van der Waals surface area contributed by atoms with E-state index >= 15 is 0 Å². The summed E-state index contributed by atoms with van der Waals surface area (Å²) >= 11 is 0. The molecule has 5 aromatic rings. The lowest BCUT2D eigenvalue weighted by molar-refractivity contribution is 0.0288. The van der Waals surface area contributed by atoms with Crippen LogP contribution < -0.4 is 0 Å². The third-order valence-electron chi connectivity index (χ3n) is 6.68. The Morgan fingerprint density at radius 1 is 1.03 bits per heavy atom. The van der Waals surface area contributed by atoms with Crippen LogP contribution in [0.5, 0.6) is 0 Å². The van der Waals surface area contributed by atoms with Crippen LogP contribution in [0.2, 0.25) is 0 Å². The van der Waals surface area contributed by atoms with Gasteiger partial charge in [-0.25, -0.2) is 19.2 Å². The lowest BCUT2D eigenvalue weighted by Gasteiger charge is -2.24. The van der Waals surface area contributed by atoms with Gasteiger partial charge < -0.3 is 14.1 Å². The first-order valence-electron chi connectivity index (χ1n) is 12.9. The number of ether oxygens (including phenoxy) is 1. The minimum atomic E-state index is -0.564. The van der Waals surface area contributed by atoms with Gasteiger partial charge in [0, 0.05) is 36.0 Å². The number of hydrogen-bond acceptors (Lipinski definition) is 6. The first-order valence-corrected chi connectivity index (χ1v) is 12.9. The normalized spacial score (nSPS) is 15.7. The molecule has 6 rings (SSSR count). The number of carbonyl (C=O) groups is 1. The van der Waals surface area contributed by atoms with Crippen molar-refractivity contribution in [2.45, 2.75) is 38.8 Å². The van der Waals surface area contributed by atoms with Gasteiger partial charge in [-0.05, 0) is 57.5 Å². The first kappa shape index (κ1) is 24.8. The molecule has 0 unspecified atom stereocenters. The first-order chi connectivity index (χ1) is 18.7. The summed E-state index contributed by atoms with van der Waals surface area (Å²) in [6, 6.07) is 17.9. The molecular formula is C30H28FN5O3. The number of hydrogen-bond donors (Lipinski definition) is 0. The van der Waals surface area contributed by atoms with E-state index in [1.54, 1.807) is 17.0 Å². The summed E-state index contributed by atoms with van der Waals surface area (Å²) in [6.45, 7) is 6.61. The molecule has 0 bridgehead atoms. The highest BCUT2D eigenvalue weighted by molar-refractivity contribution is 5.95. The molecule has 1 aliphatic rings. The van der Waals surface area contributed by atoms with E-state index in [9.17, 15) is 9.18 Å². The Balaban J connectivity index is 1.41. The minimum absolute atomic E-state index is 0.0491. The van der Waals surface area contributed by atoms with Gasteiger partial charge in [-0.15, -0.1) is 0 Å². The van der Waals surface area contributed by atoms with Crippen molar-refractivity contribution in [3.05, 3.63) is 79.0 Å². The Bertz CT molecular complexity index is 1640. The molecule has 0 spiro atoms. The number of likely N-dealkylation sites (tertiary alicyclic amines) is 1. The second kappa shape index (κ2) is 9.65. The Hall–Kier alpha value is -4.53. The van der Waals surface area contributed by atoms with E-state index in [1.807, 2.05) is 68.0 Å². The van der Waals surface area contributed by atoms with Crippen LogP contribution in [-0.4, -0.2) is 49.4 Å². The molecule has 1 saturated heterocycles. The van der Waals surface area contributed by atoms with E-state index in [0.717, 1.165) is 28.5 Å². The van der Waals surface area contributed by atoms with E-state index in [-0.39, 0.29) is 18.0 Å². The van der Waals surface area contributed by atoms with E-state index in [4.69, 9.17) is 14.3 Å². The number of halogens is 1. The van der Waals surface area contributed by atoms with Crippen LogP contribution in [0, 0.1) is 5.82 Å². The smallest absolute Gasteiger partial charge is 0.410 e. The van der Waals surface area contributed by atoms with Gasteiger partial charge in [0.2, 0.25) is 5.71 Å². The van der Waals surface area contributed by atoms with E-state index < -0.39 is 5.60 Å². The second-order valence-electron chi connectivity index (χ2n) is 10.7. The van der Waals surface area contributed by atoms with Crippen molar-refractivity contribution in [3.63, 3.8) is 0 Å². The van der Waals surface area contributed by atoms with Crippen LogP contribution in [-0.2, 0) is 4.74 Å². The third-order valence-corrected chi connectivity index (χ3v) is 6.68. The highest BCUT2D eigenvalue weighted by atomic mass is 19.1. The van der Waals surface area contributed by atoms with Crippen LogP contribution >= 0.6 is 0 Å². The zero-order chi connectivity index (χ0) is 27.1. The molecule has 3 aromatic heterocycles. The average molecular weight is 526 g/mol. The molecular weight excluding hydrogens is 497 g/mol. The number of benzene rings is 2. The summed E-state index contributed by atoms with van der Waals surface area (Å²) in [5, 5.41) is 5.68. The fourth-order valence-corrected chi connectivity index (χ4v) is 4.84. The molecule has 1 fully saturated rings. The van der Waals surface area contributed by atoms with Crippen LogP contribution in [0.3, 0.4) is 0 Å². The number of rotatable bonds is 4. The van der Waals surface area contributed by atoms with Gasteiger partial charge in [-0.2, -0.15) is 5.10 Å². The Kier molecular flexibility index (Phi) is 6.13. The fraction of sp³-hybridized carbons (Fsp3) is 0.267. The Morgan fingerprint density at radius 2 is 1.79 bits per heavy atom. The molecule has 0 aliphatic carbocycles. The molecule has 9 heteroatoms. The molecule has 198 valence electrons. The monoisotopic (exact) mass is 525 g/mol. The molecule has 0 N–H and O–H groups in total. The standard InChI is InChI=1S/C30H28FN5O3/c1-30(2,3)39-29(37)35-14-13-22(16-35)36-17-24(26(34-36)20-9-11-21(31)12-10-20)27-23-15-25(19-7-5-4-6-8-19)38-28(23)33-18-32-27/h4-12,15,17-18,22H,13-14,16H2,1-3H3/t22-/m1/s1. The van der Waals surface area contributed by atoms with Gasteiger partial charge in [0.15, 0.2) is 0 Å². The summed E-state index contributed by atoms with van der Waals surface area (Å²) < 4.78 is 27.3.